The van der Waals surface area contributed by atoms with Crippen LogP contribution in [0.2, 0.25) is 0 Å². The summed E-state index contributed by atoms with van der Waals surface area (Å²) in [5, 5.41) is 36.3. The van der Waals surface area contributed by atoms with Gasteiger partial charge in [-0.05, 0) is 52.3 Å². The standard InChI is InChI=1S/C32H49N5O8/c1-18-14-22-27(34-12-13-37(5)6)24(38)17-23(29(22)40)35-31(41)19(2)10-9-11-25(43-7)30(45-32(42)36-33)21(4)16-20(3)28(39)26(15-18)44-8/h9-12,16-18,20,25-26,28,30,38-40H,13-15,33H2,1-8H3,(H,35,41)(H,36,42)/b11-9?,19-10+,21-16+,34-12?/t18-,20+,25+,26+,28-,30+/m1/s1. The molecule has 1 aromatic carbocycles. The van der Waals surface area contributed by atoms with Gasteiger partial charge in [0.1, 0.15) is 23.3 Å². The number of phenolic OH excluding ortho intramolecular Hbond substituents is 2. The molecule has 0 aliphatic carbocycles. The van der Waals surface area contributed by atoms with Crippen molar-refractivity contribution in [2.24, 2.45) is 22.7 Å². The highest BCUT2D eigenvalue weighted by Crippen LogP contribution is 2.44. The summed E-state index contributed by atoms with van der Waals surface area (Å²) < 4.78 is 16.8. The van der Waals surface area contributed by atoms with E-state index in [0.29, 0.717) is 24.1 Å². The number of ether oxygens (including phenoxy) is 3. The van der Waals surface area contributed by atoms with Gasteiger partial charge in [0, 0.05) is 50.1 Å². The number of allylic oxidation sites excluding steroid dienone is 2. The predicted molar refractivity (Wildman–Crippen MR) is 174 cm³/mol. The fourth-order valence-corrected chi connectivity index (χ4v) is 5.06. The van der Waals surface area contributed by atoms with E-state index in [1.54, 1.807) is 38.3 Å². The van der Waals surface area contributed by atoms with Gasteiger partial charge in [-0.1, -0.05) is 38.2 Å². The first-order valence-corrected chi connectivity index (χ1v) is 14.7. The second-order valence-corrected chi connectivity index (χ2v) is 11.6. The minimum absolute atomic E-state index is 0.0220. The van der Waals surface area contributed by atoms with Crippen molar-refractivity contribution in [1.82, 2.24) is 10.3 Å². The lowest BCUT2D eigenvalue weighted by Crippen LogP contribution is -2.40. The predicted octanol–water partition coefficient (Wildman–Crippen LogP) is 3.33. The number of aliphatic hydroxyl groups excluding tert-OH is 1. The van der Waals surface area contributed by atoms with Crippen molar-refractivity contribution < 1.29 is 39.1 Å². The lowest BCUT2D eigenvalue weighted by molar-refractivity contribution is -0.112. The number of anilines is 1. The molecule has 250 valence electrons. The summed E-state index contributed by atoms with van der Waals surface area (Å²) in [7, 11) is 6.71. The molecule has 2 bridgehead atoms. The fraction of sp³-hybridized carbons (Fsp3) is 0.531. The van der Waals surface area contributed by atoms with E-state index in [4.69, 9.17) is 20.1 Å². The lowest BCUT2D eigenvalue weighted by atomic mass is 9.87. The number of phenols is 2. The van der Waals surface area contributed by atoms with E-state index < -0.39 is 42.3 Å². The Balaban J connectivity index is 2.69. The first-order chi connectivity index (χ1) is 21.2. The third kappa shape index (κ3) is 10.7. The maximum Gasteiger partial charge on any atom is 0.422 e. The second-order valence-electron chi connectivity index (χ2n) is 11.6. The molecule has 0 fully saturated rings. The summed E-state index contributed by atoms with van der Waals surface area (Å²) in [4.78, 5) is 31.6. The van der Waals surface area contributed by atoms with E-state index in [0.717, 1.165) is 0 Å². The van der Waals surface area contributed by atoms with Gasteiger partial charge >= 0.3 is 6.09 Å². The molecule has 0 saturated carbocycles. The molecular formula is C32H49N5O8. The van der Waals surface area contributed by atoms with Crippen LogP contribution in [0.1, 0.15) is 39.7 Å². The fourth-order valence-electron chi connectivity index (χ4n) is 5.06. The number of nitrogens with zero attached hydrogens (tertiary/aromatic N) is 2. The number of carbonyl (C=O) groups excluding carboxylic acids is 2. The molecule has 2 amide bonds. The molecule has 0 saturated heterocycles. The number of aliphatic imine (C=N–C) groups is 1. The first-order valence-electron chi connectivity index (χ1n) is 14.7. The molecule has 0 unspecified atom stereocenters. The number of aromatic hydroxyl groups is 2. The molecule has 0 spiro atoms. The van der Waals surface area contributed by atoms with Crippen molar-refractivity contribution in [2.75, 3.05) is 40.2 Å². The van der Waals surface area contributed by atoms with Crippen LogP contribution in [0, 0.1) is 11.8 Å². The number of nitrogens with two attached hydrogens (primary N) is 1. The SMILES string of the molecule is CO[C@H]1C=C/C=C(\C)C(=O)Nc2cc(O)c(N=CCN(C)C)c(c2O)C[C@@H](C)C[C@H](OC)[C@H](O)[C@@H](C)/C=C(\C)[C@@H]1OC(=O)NN. The lowest BCUT2D eigenvalue weighted by Gasteiger charge is -2.29. The summed E-state index contributed by atoms with van der Waals surface area (Å²) in [6.07, 6.45) is 4.63. The molecule has 13 heteroatoms. The zero-order chi connectivity index (χ0) is 33.8. The Bertz CT molecular complexity index is 1290. The molecule has 45 heavy (non-hydrogen) atoms. The molecule has 6 atom stereocenters. The Morgan fingerprint density at radius 1 is 1.22 bits per heavy atom. The maximum absolute atomic E-state index is 13.1. The number of nitrogens with one attached hydrogen (secondary N) is 2. The van der Waals surface area contributed by atoms with E-state index in [-0.39, 0.29) is 40.8 Å². The molecule has 13 nitrogen and oxygen atoms in total. The van der Waals surface area contributed by atoms with Gasteiger partial charge in [0.05, 0.1) is 17.9 Å². The van der Waals surface area contributed by atoms with Gasteiger partial charge < -0.3 is 39.7 Å². The van der Waals surface area contributed by atoms with Gasteiger partial charge in [-0.2, -0.15) is 0 Å². The van der Waals surface area contributed by atoms with E-state index in [1.807, 2.05) is 38.3 Å². The van der Waals surface area contributed by atoms with Crippen LogP contribution in [-0.4, -0.2) is 97.7 Å². The van der Waals surface area contributed by atoms with Gasteiger partial charge in [0.25, 0.3) is 5.91 Å². The largest absolute Gasteiger partial charge is 0.506 e. The van der Waals surface area contributed by atoms with Crippen LogP contribution in [0.3, 0.4) is 0 Å². The number of benzene rings is 1. The van der Waals surface area contributed by atoms with Crippen LogP contribution in [-0.2, 0) is 25.4 Å². The quantitative estimate of drug-likeness (QED) is 0.0517. The number of carbonyl (C=O) groups is 2. The Kier molecular flexibility index (Phi) is 14.7. The van der Waals surface area contributed by atoms with E-state index >= 15 is 0 Å². The third-order valence-corrected chi connectivity index (χ3v) is 7.58. The minimum Gasteiger partial charge on any atom is -0.506 e. The van der Waals surface area contributed by atoms with Crippen molar-refractivity contribution in [2.45, 2.75) is 65.0 Å². The average molecular weight is 632 g/mol. The van der Waals surface area contributed by atoms with Crippen molar-refractivity contribution >= 4 is 29.6 Å². The first kappa shape index (κ1) is 37.4. The molecule has 1 aliphatic rings. The number of hydrazine groups is 1. The van der Waals surface area contributed by atoms with Crippen LogP contribution < -0.4 is 16.6 Å². The van der Waals surface area contributed by atoms with E-state index in [2.05, 4.69) is 10.3 Å². The van der Waals surface area contributed by atoms with Crippen LogP contribution in [0.15, 0.2) is 46.5 Å². The topological polar surface area (TPSA) is 188 Å². The third-order valence-electron chi connectivity index (χ3n) is 7.58. The van der Waals surface area contributed by atoms with Crippen molar-refractivity contribution in [3.05, 3.63) is 47.1 Å². The highest BCUT2D eigenvalue weighted by Gasteiger charge is 2.30. The smallest absolute Gasteiger partial charge is 0.422 e. The Hall–Kier alpha value is -3.75. The normalized spacial score (nSPS) is 27.8. The van der Waals surface area contributed by atoms with Gasteiger partial charge in [-0.15, -0.1) is 0 Å². The second kappa shape index (κ2) is 17.7. The maximum atomic E-state index is 13.1. The molecule has 1 aromatic rings. The monoisotopic (exact) mass is 631 g/mol. The molecule has 2 rings (SSSR count). The summed E-state index contributed by atoms with van der Waals surface area (Å²) in [6, 6.07) is 1.26. The Labute approximate surface area is 265 Å². The molecule has 0 aromatic heterocycles. The molecule has 1 heterocycles. The highest BCUT2D eigenvalue weighted by atomic mass is 16.6. The Morgan fingerprint density at radius 2 is 1.91 bits per heavy atom. The van der Waals surface area contributed by atoms with Crippen LogP contribution in [0.25, 0.3) is 0 Å². The van der Waals surface area contributed by atoms with Crippen molar-refractivity contribution in [3.63, 3.8) is 0 Å². The van der Waals surface area contributed by atoms with Crippen LogP contribution >= 0.6 is 0 Å². The molecular weight excluding hydrogens is 582 g/mol. The zero-order valence-electron chi connectivity index (χ0n) is 27.4. The van der Waals surface area contributed by atoms with Crippen LogP contribution in [0.5, 0.6) is 11.5 Å². The minimum atomic E-state index is -0.953. The summed E-state index contributed by atoms with van der Waals surface area (Å²) in [6.45, 7) is 7.58. The van der Waals surface area contributed by atoms with Crippen LogP contribution in [0.4, 0.5) is 16.2 Å². The average Bonchev–Trinajstić information content (AvgIpc) is 2.99. The number of methoxy groups -OCH3 is 2. The highest BCUT2D eigenvalue weighted by molar-refractivity contribution is 6.04. The Morgan fingerprint density at radius 3 is 2.51 bits per heavy atom. The number of hydrogen-bond donors (Lipinski definition) is 6. The van der Waals surface area contributed by atoms with Crippen molar-refractivity contribution in [3.8, 4) is 11.5 Å². The molecule has 1 aliphatic heterocycles. The zero-order valence-corrected chi connectivity index (χ0v) is 27.4. The summed E-state index contributed by atoms with van der Waals surface area (Å²) in [5.41, 5.74) is 3.39. The molecule has 7 N–H and O–H groups in total. The number of amides is 2. The van der Waals surface area contributed by atoms with Crippen molar-refractivity contribution in [1.29, 1.82) is 0 Å². The summed E-state index contributed by atoms with van der Waals surface area (Å²) >= 11 is 0. The number of fused-ring (bicyclic) bond motifs is 2. The van der Waals surface area contributed by atoms with E-state index in [9.17, 15) is 24.9 Å². The van der Waals surface area contributed by atoms with Gasteiger partial charge in [0.15, 0.2) is 6.10 Å². The molecule has 0 radical (unpaired) electrons. The number of aliphatic hydroxyl groups is 1. The van der Waals surface area contributed by atoms with Gasteiger partial charge in [-0.25, -0.2) is 10.6 Å². The van der Waals surface area contributed by atoms with Gasteiger partial charge in [-0.3, -0.25) is 15.2 Å². The number of hydrogen-bond acceptors (Lipinski definition) is 11. The van der Waals surface area contributed by atoms with Gasteiger partial charge in [0.2, 0.25) is 0 Å². The summed E-state index contributed by atoms with van der Waals surface area (Å²) in [5.74, 6) is 3.71. The number of rotatable bonds is 6. The van der Waals surface area contributed by atoms with E-state index in [1.165, 1.54) is 26.4 Å².